The summed E-state index contributed by atoms with van der Waals surface area (Å²) in [4.78, 5) is 0. The van der Waals surface area contributed by atoms with Gasteiger partial charge in [-0.15, -0.1) is 12.4 Å². The number of hydrogen-bond acceptors (Lipinski definition) is 2. The van der Waals surface area contributed by atoms with E-state index in [2.05, 4.69) is 0 Å². The molecular weight excluding hydrogens is 276 g/mol. The van der Waals surface area contributed by atoms with Gasteiger partial charge in [-0.25, -0.2) is 0 Å². The van der Waals surface area contributed by atoms with Crippen molar-refractivity contribution in [1.82, 2.24) is 0 Å². The Kier molecular flexibility index (Phi) is 5.76. The first-order chi connectivity index (χ1) is 7.36. The van der Waals surface area contributed by atoms with Crippen molar-refractivity contribution in [2.45, 2.75) is 18.6 Å². The molecule has 1 aromatic rings. The zero-order chi connectivity index (χ0) is 12.3. The highest BCUT2D eigenvalue weighted by Gasteiger charge is 2.33. The maximum absolute atomic E-state index is 12.4. The van der Waals surface area contributed by atoms with E-state index in [1.807, 2.05) is 6.07 Å². The minimum atomic E-state index is -4.48. The average Bonchev–Trinajstić information content (AvgIpc) is 2.16. The molecule has 94 valence electrons. The summed E-state index contributed by atoms with van der Waals surface area (Å²) in [6.45, 7) is 0. The van der Waals surface area contributed by atoms with Crippen LogP contribution in [-0.2, 0) is 6.18 Å². The van der Waals surface area contributed by atoms with Crippen molar-refractivity contribution in [1.29, 1.82) is 5.26 Å². The van der Waals surface area contributed by atoms with Crippen molar-refractivity contribution in [3.8, 4) is 6.07 Å². The molecule has 0 saturated heterocycles. The van der Waals surface area contributed by atoms with Gasteiger partial charge in [0.05, 0.1) is 23.1 Å². The topological polar surface area (TPSA) is 49.8 Å². The molecule has 0 aromatic heterocycles. The Morgan fingerprint density at radius 1 is 1.41 bits per heavy atom. The summed E-state index contributed by atoms with van der Waals surface area (Å²) in [5.74, 6) is 0. The lowest BCUT2D eigenvalue weighted by Gasteiger charge is -2.12. The summed E-state index contributed by atoms with van der Waals surface area (Å²) >= 11 is 5.50. The molecule has 7 heteroatoms. The van der Waals surface area contributed by atoms with Gasteiger partial charge in [-0.05, 0) is 17.7 Å². The Morgan fingerprint density at radius 2 is 2.00 bits per heavy atom. The second kappa shape index (κ2) is 6.10. The number of rotatable bonds is 2. The Labute approximate surface area is 108 Å². The molecule has 2 nitrogen and oxygen atoms in total. The minimum absolute atomic E-state index is 0. The molecule has 0 radical (unpaired) electrons. The summed E-state index contributed by atoms with van der Waals surface area (Å²) in [6.07, 6.45) is -4.45. The Morgan fingerprint density at radius 3 is 2.41 bits per heavy atom. The molecule has 0 bridgehead atoms. The van der Waals surface area contributed by atoms with E-state index >= 15 is 0 Å². The molecule has 0 aliphatic heterocycles. The van der Waals surface area contributed by atoms with Crippen LogP contribution < -0.4 is 5.73 Å². The molecule has 0 aliphatic rings. The van der Waals surface area contributed by atoms with E-state index in [1.165, 1.54) is 6.07 Å². The highest BCUT2D eigenvalue weighted by molar-refractivity contribution is 6.31. The number of nitrogens with zero attached hydrogens (tertiary/aromatic N) is 1. The lowest BCUT2D eigenvalue weighted by atomic mass is 10.0. The van der Waals surface area contributed by atoms with Gasteiger partial charge in [0.1, 0.15) is 0 Å². The molecule has 17 heavy (non-hydrogen) atoms. The maximum atomic E-state index is 12.4. The Hall–Kier alpha value is -0.960. The molecule has 0 unspecified atom stereocenters. The molecular formula is C10H9Cl2F3N2. The predicted octanol–water partition coefficient (Wildman–Crippen LogP) is 3.69. The second-order valence-corrected chi connectivity index (χ2v) is 3.61. The van der Waals surface area contributed by atoms with Crippen LogP contribution in [0.15, 0.2) is 18.2 Å². The molecule has 0 amide bonds. The first-order valence-electron chi connectivity index (χ1n) is 4.35. The molecule has 0 aliphatic carbocycles. The second-order valence-electron chi connectivity index (χ2n) is 3.21. The largest absolute Gasteiger partial charge is 0.417 e. The average molecular weight is 285 g/mol. The third-order valence-electron chi connectivity index (χ3n) is 2.04. The van der Waals surface area contributed by atoms with Crippen LogP contribution >= 0.6 is 24.0 Å². The SMILES string of the molecule is Cl.N#CC[C@H](N)c1ccc(C(F)(F)F)c(Cl)c1. The molecule has 0 saturated carbocycles. The highest BCUT2D eigenvalue weighted by atomic mass is 35.5. The highest BCUT2D eigenvalue weighted by Crippen LogP contribution is 2.35. The molecule has 0 spiro atoms. The van der Waals surface area contributed by atoms with Crippen LogP contribution in [0.2, 0.25) is 5.02 Å². The summed E-state index contributed by atoms with van der Waals surface area (Å²) < 4.78 is 37.1. The van der Waals surface area contributed by atoms with Crippen molar-refractivity contribution < 1.29 is 13.2 Å². The third kappa shape index (κ3) is 4.08. The van der Waals surface area contributed by atoms with Gasteiger partial charge in [-0.3, -0.25) is 0 Å². The molecule has 0 fully saturated rings. The monoisotopic (exact) mass is 284 g/mol. The molecule has 1 atom stereocenters. The number of nitriles is 1. The molecule has 1 aromatic carbocycles. The summed E-state index contributed by atoms with van der Waals surface area (Å²) in [5.41, 5.74) is 5.09. The lowest BCUT2D eigenvalue weighted by Crippen LogP contribution is -2.11. The number of nitrogens with two attached hydrogens (primary N) is 1. The quantitative estimate of drug-likeness (QED) is 0.900. The molecule has 2 N–H and O–H groups in total. The van der Waals surface area contributed by atoms with Crippen LogP contribution in [0.3, 0.4) is 0 Å². The lowest BCUT2D eigenvalue weighted by molar-refractivity contribution is -0.137. The smallest absolute Gasteiger partial charge is 0.323 e. The van der Waals surface area contributed by atoms with Crippen molar-refractivity contribution >= 4 is 24.0 Å². The molecule has 0 heterocycles. The fourth-order valence-corrected chi connectivity index (χ4v) is 1.50. The van der Waals surface area contributed by atoms with E-state index in [1.54, 1.807) is 0 Å². The Bertz CT molecular complexity index is 427. The zero-order valence-electron chi connectivity index (χ0n) is 8.46. The van der Waals surface area contributed by atoms with Crippen molar-refractivity contribution in [3.05, 3.63) is 34.3 Å². The van der Waals surface area contributed by atoms with Gasteiger partial charge in [0, 0.05) is 6.04 Å². The van der Waals surface area contributed by atoms with E-state index in [0.717, 1.165) is 12.1 Å². The van der Waals surface area contributed by atoms with Crippen LogP contribution in [0.5, 0.6) is 0 Å². The van der Waals surface area contributed by atoms with Gasteiger partial charge < -0.3 is 5.73 Å². The van der Waals surface area contributed by atoms with Crippen molar-refractivity contribution in [2.24, 2.45) is 5.73 Å². The Balaban J connectivity index is 0.00000256. The summed E-state index contributed by atoms with van der Waals surface area (Å²) in [7, 11) is 0. The molecule has 1 rings (SSSR count). The normalized spacial score (nSPS) is 12.5. The van der Waals surface area contributed by atoms with E-state index < -0.39 is 22.8 Å². The van der Waals surface area contributed by atoms with Gasteiger partial charge in [0.2, 0.25) is 0 Å². The van der Waals surface area contributed by atoms with Crippen LogP contribution in [0.4, 0.5) is 13.2 Å². The van der Waals surface area contributed by atoms with E-state index in [9.17, 15) is 13.2 Å². The zero-order valence-corrected chi connectivity index (χ0v) is 10.0. The van der Waals surface area contributed by atoms with Crippen LogP contribution in [-0.4, -0.2) is 0 Å². The number of halogens is 5. The standard InChI is InChI=1S/C10H8ClF3N2.ClH/c11-8-5-6(9(16)3-4-15)1-2-7(8)10(12,13)14;/h1-2,5,9H,3,16H2;1H/t9-;/m0./s1. The van der Waals surface area contributed by atoms with Crippen molar-refractivity contribution in [3.63, 3.8) is 0 Å². The van der Waals surface area contributed by atoms with Crippen LogP contribution in [0.1, 0.15) is 23.6 Å². The first kappa shape index (κ1) is 16.0. The minimum Gasteiger partial charge on any atom is -0.323 e. The van der Waals surface area contributed by atoms with Gasteiger partial charge >= 0.3 is 6.18 Å². The number of alkyl halides is 3. The fourth-order valence-electron chi connectivity index (χ4n) is 1.21. The summed E-state index contributed by atoms with van der Waals surface area (Å²) in [6, 6.07) is 4.47. The fraction of sp³-hybridized carbons (Fsp3) is 0.300. The summed E-state index contributed by atoms with van der Waals surface area (Å²) in [5, 5.41) is 8.00. The van der Waals surface area contributed by atoms with Gasteiger partial charge in [-0.2, -0.15) is 18.4 Å². The number of benzene rings is 1. The van der Waals surface area contributed by atoms with E-state index in [-0.39, 0.29) is 18.8 Å². The first-order valence-corrected chi connectivity index (χ1v) is 4.73. The van der Waals surface area contributed by atoms with Gasteiger partial charge in [0.25, 0.3) is 0 Å². The van der Waals surface area contributed by atoms with Crippen LogP contribution in [0.25, 0.3) is 0 Å². The van der Waals surface area contributed by atoms with Crippen molar-refractivity contribution in [2.75, 3.05) is 0 Å². The van der Waals surface area contributed by atoms with Gasteiger partial charge in [-0.1, -0.05) is 17.7 Å². The third-order valence-corrected chi connectivity index (χ3v) is 2.35. The van der Waals surface area contributed by atoms with E-state index in [0.29, 0.717) is 5.56 Å². The van der Waals surface area contributed by atoms with Crippen LogP contribution in [0, 0.1) is 11.3 Å². The maximum Gasteiger partial charge on any atom is 0.417 e. The number of hydrogen-bond donors (Lipinski definition) is 1. The predicted molar refractivity (Wildman–Crippen MR) is 60.9 cm³/mol. The van der Waals surface area contributed by atoms with Gasteiger partial charge in [0.15, 0.2) is 0 Å². The van der Waals surface area contributed by atoms with E-state index in [4.69, 9.17) is 22.6 Å².